The summed E-state index contributed by atoms with van der Waals surface area (Å²) in [6, 6.07) is 2.11. The van der Waals surface area contributed by atoms with E-state index >= 15 is 0 Å². The predicted octanol–water partition coefficient (Wildman–Crippen LogP) is 3.29. The lowest BCUT2D eigenvalue weighted by Crippen LogP contribution is -2.32. The van der Waals surface area contributed by atoms with Gasteiger partial charge in [0, 0.05) is 11.1 Å². The van der Waals surface area contributed by atoms with Gasteiger partial charge in [-0.05, 0) is 38.8 Å². The highest BCUT2D eigenvalue weighted by molar-refractivity contribution is 6.31. The Morgan fingerprint density at radius 3 is 2.33 bits per heavy atom. The van der Waals surface area contributed by atoms with E-state index < -0.39 is 17.2 Å². The number of nitrogens with two attached hydrogens (primary N) is 1. The first-order chi connectivity index (χ1) is 6.81. The number of rotatable bonds is 3. The van der Waals surface area contributed by atoms with Crippen molar-refractivity contribution in [2.45, 2.75) is 32.2 Å². The highest BCUT2D eigenvalue weighted by atomic mass is 35.5. The molecule has 2 N–H and O–H groups in total. The van der Waals surface area contributed by atoms with Gasteiger partial charge >= 0.3 is 0 Å². The highest BCUT2D eigenvalue weighted by Gasteiger charge is 2.16. The molecule has 0 aliphatic heterocycles. The van der Waals surface area contributed by atoms with Gasteiger partial charge in [0.1, 0.15) is 11.6 Å². The molecule has 4 heteroatoms. The fraction of sp³-hybridized carbons (Fsp3) is 0.455. The molecule has 1 nitrogen and oxygen atoms in total. The van der Waals surface area contributed by atoms with E-state index in [9.17, 15) is 8.78 Å². The molecule has 0 spiro atoms. The smallest absolute Gasteiger partial charge is 0.142 e. The Hall–Kier alpha value is -0.670. The van der Waals surface area contributed by atoms with Crippen LogP contribution in [0.25, 0.3) is 0 Å². The highest BCUT2D eigenvalue weighted by Crippen LogP contribution is 2.25. The molecular formula is C11H14ClF2N. The van der Waals surface area contributed by atoms with Crippen LogP contribution in [0.1, 0.15) is 25.8 Å². The fourth-order valence-corrected chi connectivity index (χ4v) is 1.49. The van der Waals surface area contributed by atoms with Crippen molar-refractivity contribution in [2.75, 3.05) is 0 Å². The third kappa shape index (κ3) is 3.43. The van der Waals surface area contributed by atoms with Crippen LogP contribution in [-0.4, -0.2) is 5.54 Å². The summed E-state index contributed by atoms with van der Waals surface area (Å²) in [7, 11) is 0. The summed E-state index contributed by atoms with van der Waals surface area (Å²) in [5.74, 6) is -1.08. The summed E-state index contributed by atoms with van der Waals surface area (Å²) in [5, 5.41) is -0.140. The van der Waals surface area contributed by atoms with Crippen molar-refractivity contribution in [3.8, 4) is 0 Å². The summed E-state index contributed by atoms with van der Waals surface area (Å²) in [6.45, 7) is 3.66. The molecule has 0 fully saturated rings. The minimum absolute atomic E-state index is 0.140. The first-order valence-electron chi connectivity index (χ1n) is 4.72. The molecule has 0 aliphatic rings. The van der Waals surface area contributed by atoms with Gasteiger partial charge in [-0.25, -0.2) is 8.78 Å². The molecule has 0 saturated heterocycles. The van der Waals surface area contributed by atoms with Gasteiger partial charge < -0.3 is 5.73 Å². The fourth-order valence-electron chi connectivity index (χ4n) is 1.25. The summed E-state index contributed by atoms with van der Waals surface area (Å²) < 4.78 is 26.4. The molecule has 0 aliphatic carbocycles. The molecule has 0 unspecified atom stereocenters. The van der Waals surface area contributed by atoms with Crippen LogP contribution in [0.15, 0.2) is 12.1 Å². The average molecular weight is 234 g/mol. The van der Waals surface area contributed by atoms with Gasteiger partial charge in [0.05, 0.1) is 5.02 Å². The molecule has 0 bridgehead atoms. The van der Waals surface area contributed by atoms with Gasteiger partial charge in [-0.2, -0.15) is 0 Å². The van der Waals surface area contributed by atoms with Crippen LogP contribution in [0.4, 0.5) is 8.78 Å². The number of benzene rings is 1. The summed E-state index contributed by atoms with van der Waals surface area (Å²) in [5.41, 5.74) is 5.55. The zero-order valence-corrected chi connectivity index (χ0v) is 9.54. The lowest BCUT2D eigenvalue weighted by molar-refractivity contribution is 0.469. The standard InChI is InChI=1S/C11H14ClF2N/c1-11(2,15)6-5-7-8(13)3-4-9(14)10(7)12/h3-4H,5-6,15H2,1-2H3. The first-order valence-corrected chi connectivity index (χ1v) is 5.10. The van der Waals surface area contributed by atoms with Crippen molar-refractivity contribution in [3.63, 3.8) is 0 Å². The minimum atomic E-state index is -0.595. The molecule has 15 heavy (non-hydrogen) atoms. The lowest BCUT2D eigenvalue weighted by Gasteiger charge is -2.18. The number of hydrogen-bond acceptors (Lipinski definition) is 1. The molecular weight excluding hydrogens is 220 g/mol. The second-order valence-electron chi connectivity index (χ2n) is 4.31. The SMILES string of the molecule is CC(C)(N)CCc1c(F)ccc(F)c1Cl. The predicted molar refractivity (Wildman–Crippen MR) is 58.0 cm³/mol. The van der Waals surface area contributed by atoms with E-state index in [1.807, 2.05) is 13.8 Å². The Labute approximate surface area is 93.2 Å². The lowest BCUT2D eigenvalue weighted by atomic mass is 9.96. The molecule has 0 amide bonds. The van der Waals surface area contributed by atoms with Gasteiger partial charge in [0.25, 0.3) is 0 Å². The van der Waals surface area contributed by atoms with Crippen LogP contribution in [0.2, 0.25) is 5.02 Å². The maximum Gasteiger partial charge on any atom is 0.142 e. The Bertz CT molecular complexity index is 358. The molecule has 1 aromatic rings. The third-order valence-corrected chi connectivity index (χ3v) is 2.57. The summed E-state index contributed by atoms with van der Waals surface area (Å²) >= 11 is 5.67. The minimum Gasteiger partial charge on any atom is -0.326 e. The van der Waals surface area contributed by atoms with Crippen molar-refractivity contribution in [1.29, 1.82) is 0 Å². The number of hydrogen-bond donors (Lipinski definition) is 1. The van der Waals surface area contributed by atoms with Crippen LogP contribution < -0.4 is 5.73 Å². The van der Waals surface area contributed by atoms with Crippen LogP contribution in [-0.2, 0) is 6.42 Å². The second kappa shape index (κ2) is 4.45. The Balaban J connectivity index is 2.90. The van der Waals surface area contributed by atoms with Crippen LogP contribution in [0.3, 0.4) is 0 Å². The van der Waals surface area contributed by atoms with Gasteiger partial charge in [-0.3, -0.25) is 0 Å². The molecule has 0 heterocycles. The van der Waals surface area contributed by atoms with Crippen LogP contribution in [0.5, 0.6) is 0 Å². The van der Waals surface area contributed by atoms with Gasteiger partial charge in [-0.1, -0.05) is 11.6 Å². The molecule has 0 aromatic heterocycles. The van der Waals surface area contributed by atoms with Crippen LogP contribution >= 0.6 is 11.6 Å². The van der Waals surface area contributed by atoms with E-state index in [0.717, 1.165) is 12.1 Å². The molecule has 0 radical (unpaired) electrons. The average Bonchev–Trinajstić information content (AvgIpc) is 2.10. The van der Waals surface area contributed by atoms with Gasteiger partial charge in [-0.15, -0.1) is 0 Å². The largest absolute Gasteiger partial charge is 0.326 e. The third-order valence-electron chi connectivity index (χ3n) is 2.16. The van der Waals surface area contributed by atoms with Crippen molar-refractivity contribution in [1.82, 2.24) is 0 Å². The van der Waals surface area contributed by atoms with E-state index in [1.54, 1.807) is 0 Å². The Kier molecular flexibility index (Phi) is 3.68. The van der Waals surface area contributed by atoms with E-state index in [-0.39, 0.29) is 10.6 Å². The zero-order chi connectivity index (χ0) is 11.6. The van der Waals surface area contributed by atoms with Crippen molar-refractivity contribution >= 4 is 11.6 Å². The Morgan fingerprint density at radius 2 is 1.80 bits per heavy atom. The molecule has 0 saturated carbocycles. The van der Waals surface area contributed by atoms with Crippen LogP contribution in [0, 0.1) is 11.6 Å². The van der Waals surface area contributed by atoms with Gasteiger partial charge in [0.2, 0.25) is 0 Å². The molecule has 0 atom stereocenters. The maximum absolute atomic E-state index is 13.3. The summed E-state index contributed by atoms with van der Waals surface area (Å²) in [6.07, 6.45) is 0.888. The van der Waals surface area contributed by atoms with Crippen molar-refractivity contribution in [3.05, 3.63) is 34.4 Å². The quantitative estimate of drug-likeness (QED) is 0.797. The summed E-state index contributed by atoms with van der Waals surface area (Å²) in [4.78, 5) is 0. The van der Waals surface area contributed by atoms with E-state index in [0.29, 0.717) is 12.8 Å². The van der Waals surface area contributed by atoms with Crippen molar-refractivity contribution < 1.29 is 8.78 Å². The monoisotopic (exact) mass is 233 g/mol. The topological polar surface area (TPSA) is 26.0 Å². The normalized spacial score (nSPS) is 11.9. The second-order valence-corrected chi connectivity index (χ2v) is 4.69. The van der Waals surface area contributed by atoms with E-state index in [4.69, 9.17) is 17.3 Å². The maximum atomic E-state index is 13.3. The van der Waals surface area contributed by atoms with Gasteiger partial charge in [0.15, 0.2) is 0 Å². The Morgan fingerprint density at radius 1 is 1.27 bits per heavy atom. The molecule has 84 valence electrons. The first kappa shape index (κ1) is 12.4. The number of halogens is 3. The van der Waals surface area contributed by atoms with Crippen molar-refractivity contribution in [2.24, 2.45) is 5.73 Å². The molecule has 1 rings (SSSR count). The van der Waals surface area contributed by atoms with E-state index in [1.165, 1.54) is 0 Å². The molecule has 1 aromatic carbocycles. The zero-order valence-electron chi connectivity index (χ0n) is 8.78. The van der Waals surface area contributed by atoms with E-state index in [2.05, 4.69) is 0 Å².